The fraction of sp³-hybridized carbons (Fsp3) is 0.800. The lowest BCUT2D eigenvalue weighted by atomic mass is 9.95. The normalized spacial score (nSPS) is 23.5. The van der Waals surface area contributed by atoms with Crippen molar-refractivity contribution >= 4 is 16.8 Å². The highest BCUT2D eigenvalue weighted by molar-refractivity contribution is 7.85. The van der Waals surface area contributed by atoms with Gasteiger partial charge in [0.1, 0.15) is 18.7 Å². The van der Waals surface area contributed by atoms with Crippen LogP contribution >= 0.6 is 0 Å². The molecule has 2 rings (SSSR count). The van der Waals surface area contributed by atoms with Gasteiger partial charge in [0.2, 0.25) is 0 Å². The lowest BCUT2D eigenvalue weighted by Crippen LogP contribution is -2.46. The van der Waals surface area contributed by atoms with Gasteiger partial charge < -0.3 is 10.6 Å². The van der Waals surface area contributed by atoms with Gasteiger partial charge in [0.15, 0.2) is 5.96 Å². The number of aliphatic imine (C=N–C) groups is 1. The Kier molecular flexibility index (Phi) is 7.01. The molecule has 8 heteroatoms. The molecule has 1 aliphatic rings. The number of hydrogen-bond acceptors (Lipinski definition) is 4. The van der Waals surface area contributed by atoms with Gasteiger partial charge in [-0.3, -0.25) is 8.89 Å². The van der Waals surface area contributed by atoms with E-state index in [1.54, 1.807) is 4.68 Å². The van der Waals surface area contributed by atoms with Crippen LogP contribution in [0, 0.1) is 0 Å². The number of aromatic nitrogens is 3. The van der Waals surface area contributed by atoms with Crippen LogP contribution in [0.25, 0.3) is 0 Å². The summed E-state index contributed by atoms with van der Waals surface area (Å²) >= 11 is 0. The van der Waals surface area contributed by atoms with Gasteiger partial charge in [-0.1, -0.05) is 13.3 Å². The highest BCUT2D eigenvalue weighted by atomic mass is 32.2. The van der Waals surface area contributed by atoms with Crippen LogP contribution in [0.5, 0.6) is 0 Å². The topological polar surface area (TPSA) is 84.2 Å². The molecule has 7 nitrogen and oxygen atoms in total. The molecule has 0 radical (unpaired) electrons. The molecule has 0 aliphatic heterocycles. The molecule has 0 bridgehead atoms. The Hall–Kier alpha value is -1.44. The molecule has 0 aromatic carbocycles. The van der Waals surface area contributed by atoms with Gasteiger partial charge >= 0.3 is 0 Å². The van der Waals surface area contributed by atoms with E-state index in [0.29, 0.717) is 17.8 Å². The summed E-state index contributed by atoms with van der Waals surface area (Å²) in [4.78, 5) is 8.79. The Bertz CT molecular complexity index is 544. The van der Waals surface area contributed by atoms with E-state index in [0.717, 1.165) is 49.8 Å². The van der Waals surface area contributed by atoms with E-state index in [4.69, 9.17) is 0 Å². The summed E-state index contributed by atoms with van der Waals surface area (Å²) in [5.41, 5.74) is 0. The van der Waals surface area contributed by atoms with Gasteiger partial charge in [-0.2, -0.15) is 5.10 Å². The van der Waals surface area contributed by atoms with Crippen LogP contribution < -0.4 is 10.6 Å². The summed E-state index contributed by atoms with van der Waals surface area (Å²) in [6.07, 6.45) is 5.79. The molecule has 1 aromatic heterocycles. The van der Waals surface area contributed by atoms with Gasteiger partial charge in [-0.05, 0) is 26.2 Å². The average Bonchev–Trinajstić information content (AvgIpc) is 2.97. The van der Waals surface area contributed by atoms with Crippen molar-refractivity contribution in [1.29, 1.82) is 0 Å². The Labute approximate surface area is 140 Å². The first-order valence-corrected chi connectivity index (χ1v) is 9.77. The maximum Gasteiger partial charge on any atom is 0.191 e. The predicted molar refractivity (Wildman–Crippen MR) is 93.7 cm³/mol. The predicted octanol–water partition coefficient (Wildman–Crippen LogP) is 0.950. The molecule has 1 saturated carbocycles. The molecule has 130 valence electrons. The van der Waals surface area contributed by atoms with E-state index in [1.165, 1.54) is 6.33 Å². The van der Waals surface area contributed by atoms with Crippen molar-refractivity contribution < 1.29 is 4.21 Å². The third-order valence-corrected chi connectivity index (χ3v) is 5.89. The lowest BCUT2D eigenvalue weighted by molar-refractivity contribution is 0.413. The number of guanidine groups is 1. The van der Waals surface area contributed by atoms with Gasteiger partial charge in [0.25, 0.3) is 0 Å². The Morgan fingerprint density at radius 3 is 2.96 bits per heavy atom. The van der Waals surface area contributed by atoms with Crippen LogP contribution in [0.15, 0.2) is 11.3 Å². The van der Waals surface area contributed by atoms with Crippen LogP contribution in [0.1, 0.15) is 45.4 Å². The van der Waals surface area contributed by atoms with Crippen molar-refractivity contribution in [3.63, 3.8) is 0 Å². The smallest absolute Gasteiger partial charge is 0.191 e. The van der Waals surface area contributed by atoms with Crippen molar-refractivity contribution in [2.75, 3.05) is 12.3 Å². The fourth-order valence-corrected chi connectivity index (χ4v) is 4.22. The molecule has 2 N–H and O–H groups in total. The molecule has 0 saturated heterocycles. The number of hydrogen-bond donors (Lipinski definition) is 2. The zero-order valence-corrected chi connectivity index (χ0v) is 15.1. The molecule has 0 amide bonds. The number of nitrogens with zero attached hydrogens (tertiary/aromatic N) is 4. The molecular weight excluding hydrogens is 312 g/mol. The van der Waals surface area contributed by atoms with Gasteiger partial charge in [0, 0.05) is 41.4 Å². The minimum absolute atomic E-state index is 0.313. The van der Waals surface area contributed by atoms with E-state index in [1.807, 2.05) is 14.0 Å². The first kappa shape index (κ1) is 17.9. The molecule has 1 aliphatic carbocycles. The third-order valence-electron chi connectivity index (χ3n) is 4.15. The van der Waals surface area contributed by atoms with Crippen molar-refractivity contribution in [3.8, 4) is 0 Å². The Balaban J connectivity index is 1.95. The quantitative estimate of drug-likeness (QED) is 0.595. The number of rotatable bonds is 6. The highest BCUT2D eigenvalue weighted by Gasteiger charge is 2.26. The zero-order valence-electron chi connectivity index (χ0n) is 14.3. The second-order valence-electron chi connectivity index (χ2n) is 5.79. The highest BCUT2D eigenvalue weighted by Crippen LogP contribution is 2.22. The molecular formula is C15H28N6OS. The van der Waals surface area contributed by atoms with Gasteiger partial charge in [0.05, 0.1) is 0 Å². The first-order valence-electron chi connectivity index (χ1n) is 8.38. The van der Waals surface area contributed by atoms with Crippen molar-refractivity contribution in [2.45, 2.75) is 57.4 Å². The van der Waals surface area contributed by atoms with Crippen LogP contribution in [0.4, 0.5) is 0 Å². The molecule has 23 heavy (non-hydrogen) atoms. The SMILES string of the molecule is CCNC(=NCc1ncnn1C)NC1CCCC(S(=O)CC)C1. The lowest BCUT2D eigenvalue weighted by Gasteiger charge is -2.30. The van der Waals surface area contributed by atoms with E-state index in [9.17, 15) is 4.21 Å². The number of aryl methyl sites for hydroxylation is 1. The summed E-state index contributed by atoms with van der Waals surface area (Å²) in [6.45, 7) is 5.35. The Morgan fingerprint density at radius 1 is 1.48 bits per heavy atom. The van der Waals surface area contributed by atoms with Crippen LogP contribution in [-0.4, -0.2) is 48.5 Å². The number of nitrogens with one attached hydrogen (secondary N) is 2. The van der Waals surface area contributed by atoms with Crippen LogP contribution in [-0.2, 0) is 24.4 Å². The maximum absolute atomic E-state index is 12.1. The summed E-state index contributed by atoms with van der Waals surface area (Å²) in [5, 5.41) is 11.1. The molecule has 1 heterocycles. The van der Waals surface area contributed by atoms with E-state index >= 15 is 0 Å². The molecule has 1 fully saturated rings. The maximum atomic E-state index is 12.1. The van der Waals surface area contributed by atoms with E-state index in [-0.39, 0.29) is 0 Å². The summed E-state index contributed by atoms with van der Waals surface area (Å²) in [6, 6.07) is 0.335. The first-order chi connectivity index (χ1) is 11.1. The van der Waals surface area contributed by atoms with Crippen molar-refractivity contribution in [2.24, 2.45) is 12.0 Å². The average molecular weight is 340 g/mol. The molecule has 1 aromatic rings. The second kappa shape index (κ2) is 9.00. The molecule has 3 unspecified atom stereocenters. The minimum Gasteiger partial charge on any atom is -0.357 e. The monoisotopic (exact) mass is 340 g/mol. The van der Waals surface area contributed by atoms with E-state index < -0.39 is 10.8 Å². The van der Waals surface area contributed by atoms with Crippen molar-refractivity contribution in [1.82, 2.24) is 25.4 Å². The minimum atomic E-state index is -0.706. The summed E-state index contributed by atoms with van der Waals surface area (Å²) in [7, 11) is 1.16. The summed E-state index contributed by atoms with van der Waals surface area (Å²) in [5.74, 6) is 2.37. The van der Waals surface area contributed by atoms with Gasteiger partial charge in [-0.15, -0.1) is 0 Å². The summed E-state index contributed by atoms with van der Waals surface area (Å²) < 4.78 is 13.8. The van der Waals surface area contributed by atoms with Crippen LogP contribution in [0.3, 0.4) is 0 Å². The zero-order chi connectivity index (χ0) is 16.7. The van der Waals surface area contributed by atoms with Crippen LogP contribution in [0.2, 0.25) is 0 Å². The second-order valence-corrected chi connectivity index (χ2v) is 7.80. The largest absolute Gasteiger partial charge is 0.357 e. The van der Waals surface area contributed by atoms with E-state index in [2.05, 4.69) is 32.6 Å². The van der Waals surface area contributed by atoms with Gasteiger partial charge in [-0.25, -0.2) is 9.98 Å². The standard InChI is InChI=1S/C15H28N6OS/c1-4-16-15(17-10-14-18-11-19-21(14)3)20-12-7-6-8-13(9-12)23(22)5-2/h11-13H,4-10H2,1-3H3,(H2,16,17,20). The molecule has 3 atom stereocenters. The third kappa shape index (κ3) is 5.30. The molecule has 0 spiro atoms. The fourth-order valence-electron chi connectivity index (χ4n) is 2.88. The van der Waals surface area contributed by atoms with Crippen molar-refractivity contribution in [3.05, 3.63) is 12.2 Å². The Morgan fingerprint density at radius 2 is 2.30 bits per heavy atom.